The summed E-state index contributed by atoms with van der Waals surface area (Å²) in [4.78, 5) is 51.1. The first-order valence-electron chi connectivity index (χ1n) is 16.1. The van der Waals surface area contributed by atoms with Gasteiger partial charge in [-0.15, -0.1) is 0 Å². The maximum Gasteiger partial charge on any atom is 0.338 e. The molecule has 0 radical (unpaired) electrons. The first-order chi connectivity index (χ1) is 22.3. The fourth-order valence-electron chi connectivity index (χ4n) is 8.09. The molecule has 1 saturated heterocycles. The van der Waals surface area contributed by atoms with Gasteiger partial charge in [0.1, 0.15) is 31.0 Å². The van der Waals surface area contributed by atoms with Crippen molar-refractivity contribution in [3.8, 4) is 0 Å². The zero-order valence-corrected chi connectivity index (χ0v) is 27.1. The Labute approximate surface area is 273 Å². The van der Waals surface area contributed by atoms with E-state index in [0.29, 0.717) is 36.8 Å². The molecule has 3 N–H and O–H groups in total. The van der Waals surface area contributed by atoms with Crippen molar-refractivity contribution in [2.45, 2.75) is 96.6 Å². The second-order valence-corrected chi connectivity index (χ2v) is 13.5. The molecule has 4 aliphatic rings. The molecule has 2 fully saturated rings. The largest absolute Gasteiger partial charge is 0.462 e. The number of allylic oxidation sites excluding steroid dienone is 1. The number of esters is 4. The molecule has 10 unspecified atom stereocenters. The highest BCUT2D eigenvalue weighted by Gasteiger charge is 2.60. The van der Waals surface area contributed by atoms with Crippen LogP contribution in [0.15, 0.2) is 53.6 Å². The third-order valence-corrected chi connectivity index (χ3v) is 10.8. The molecule has 2 aliphatic heterocycles. The van der Waals surface area contributed by atoms with Crippen LogP contribution in [0.4, 0.5) is 0 Å². The molecule has 12 heteroatoms. The van der Waals surface area contributed by atoms with E-state index in [4.69, 9.17) is 23.7 Å². The van der Waals surface area contributed by atoms with E-state index < -0.39 is 72.2 Å². The lowest BCUT2D eigenvalue weighted by Gasteiger charge is -2.59. The summed E-state index contributed by atoms with van der Waals surface area (Å²) in [5, 5.41) is 31.9. The molecule has 0 aromatic heterocycles. The first kappa shape index (κ1) is 34.7. The number of aliphatic hydroxyl groups excluding tert-OH is 3. The number of hydrogen-bond acceptors (Lipinski definition) is 12. The molecule has 1 aromatic rings. The molecule has 1 aromatic carbocycles. The SMILES string of the molecule is CC(=O)OC1CC2(C)C(C(=O)OC3OC(CO)C(OC(=O)c4ccccc4)C(O)C3O)=CCCC2C(C)(CCC2=CCOC2=O)C1C. The molecule has 5 rings (SSSR count). The minimum absolute atomic E-state index is 0.0721. The molecule has 47 heavy (non-hydrogen) atoms. The minimum atomic E-state index is -1.80. The van der Waals surface area contributed by atoms with Gasteiger partial charge in [0.25, 0.3) is 0 Å². The Bertz CT molecular complexity index is 1420. The molecule has 2 aliphatic carbocycles. The third kappa shape index (κ3) is 6.74. The number of aliphatic hydroxyl groups is 3. The predicted molar refractivity (Wildman–Crippen MR) is 164 cm³/mol. The van der Waals surface area contributed by atoms with E-state index in [0.717, 1.165) is 6.42 Å². The maximum atomic E-state index is 14.0. The van der Waals surface area contributed by atoms with Crippen LogP contribution in [-0.2, 0) is 38.1 Å². The molecule has 256 valence electrons. The highest BCUT2D eigenvalue weighted by molar-refractivity contribution is 5.91. The number of ether oxygens (including phenoxy) is 5. The Morgan fingerprint density at radius 1 is 1.00 bits per heavy atom. The lowest BCUT2D eigenvalue weighted by Crippen LogP contribution is -2.61. The van der Waals surface area contributed by atoms with Crippen LogP contribution < -0.4 is 0 Å². The molecule has 12 nitrogen and oxygen atoms in total. The number of cyclic esters (lactones) is 1. The van der Waals surface area contributed by atoms with Crippen LogP contribution in [0.25, 0.3) is 0 Å². The number of hydrogen-bond donors (Lipinski definition) is 3. The number of carbonyl (C=O) groups excluding carboxylic acids is 4. The normalized spacial score (nSPS) is 36.7. The molecular weight excluding hydrogens is 612 g/mol. The summed E-state index contributed by atoms with van der Waals surface area (Å²) in [5.74, 6) is -2.53. The quantitative estimate of drug-likeness (QED) is 0.262. The van der Waals surface area contributed by atoms with Crippen LogP contribution in [0.2, 0.25) is 0 Å². The molecule has 0 spiro atoms. The van der Waals surface area contributed by atoms with Crippen LogP contribution >= 0.6 is 0 Å². The van der Waals surface area contributed by atoms with Crippen molar-refractivity contribution in [1.29, 1.82) is 0 Å². The summed E-state index contributed by atoms with van der Waals surface area (Å²) in [7, 11) is 0. The van der Waals surface area contributed by atoms with Gasteiger partial charge in [0.2, 0.25) is 6.29 Å². The van der Waals surface area contributed by atoms with Crippen molar-refractivity contribution < 1.29 is 58.2 Å². The number of fused-ring (bicyclic) bond motifs is 1. The maximum absolute atomic E-state index is 14.0. The Kier molecular flexibility index (Phi) is 10.3. The Balaban J connectivity index is 1.36. The van der Waals surface area contributed by atoms with Gasteiger partial charge in [0, 0.05) is 23.5 Å². The average Bonchev–Trinajstić information content (AvgIpc) is 3.46. The van der Waals surface area contributed by atoms with Crippen molar-refractivity contribution >= 4 is 23.9 Å². The highest BCUT2D eigenvalue weighted by Crippen LogP contribution is 2.63. The highest BCUT2D eigenvalue weighted by atomic mass is 16.7. The van der Waals surface area contributed by atoms with Gasteiger partial charge in [0.05, 0.1) is 12.2 Å². The fraction of sp³-hybridized carbons (Fsp3) is 0.600. The Morgan fingerprint density at radius 2 is 1.72 bits per heavy atom. The molecular formula is C35H44O12. The van der Waals surface area contributed by atoms with E-state index in [1.165, 1.54) is 19.1 Å². The summed E-state index contributed by atoms with van der Waals surface area (Å²) < 4.78 is 27.7. The fourth-order valence-corrected chi connectivity index (χ4v) is 8.09. The summed E-state index contributed by atoms with van der Waals surface area (Å²) in [6.45, 7) is 6.98. The average molecular weight is 657 g/mol. The molecule has 0 amide bonds. The Hall–Kier alpha value is -3.58. The standard InChI is InChI=1S/C35H44O12/c1-19-24(44-20(2)37)17-35(4)23(11-8-12-26(35)34(19,3)15-13-22-14-16-43-30(22)40)32(42)47-33-28(39)27(38)29(25(18-36)45-33)46-31(41)21-9-6-5-7-10-21/h5-7,9-11,14,19,24-29,33,36,38-39H,8,12-13,15-18H2,1-4H3. The van der Waals surface area contributed by atoms with Crippen LogP contribution in [-0.4, -0.2) is 89.2 Å². The van der Waals surface area contributed by atoms with E-state index in [9.17, 15) is 34.5 Å². The van der Waals surface area contributed by atoms with Crippen molar-refractivity contribution in [2.24, 2.45) is 22.7 Å². The van der Waals surface area contributed by atoms with E-state index in [-0.39, 0.29) is 30.0 Å². The van der Waals surface area contributed by atoms with E-state index in [1.54, 1.807) is 30.4 Å². The molecule has 10 atom stereocenters. The van der Waals surface area contributed by atoms with E-state index in [2.05, 4.69) is 6.92 Å². The predicted octanol–water partition coefficient (Wildman–Crippen LogP) is 2.78. The zero-order chi connectivity index (χ0) is 34.1. The second kappa shape index (κ2) is 13.9. The van der Waals surface area contributed by atoms with Crippen molar-refractivity contribution in [2.75, 3.05) is 13.2 Å². The molecule has 2 heterocycles. The van der Waals surface area contributed by atoms with Gasteiger partial charge >= 0.3 is 23.9 Å². The van der Waals surface area contributed by atoms with Crippen LogP contribution in [0.5, 0.6) is 0 Å². The van der Waals surface area contributed by atoms with Gasteiger partial charge in [-0.3, -0.25) is 4.79 Å². The zero-order valence-electron chi connectivity index (χ0n) is 27.1. The number of rotatable bonds is 9. The smallest absolute Gasteiger partial charge is 0.338 e. The lowest BCUT2D eigenvalue weighted by molar-refractivity contribution is -0.291. The van der Waals surface area contributed by atoms with E-state index in [1.807, 2.05) is 13.8 Å². The van der Waals surface area contributed by atoms with Gasteiger partial charge in [-0.2, -0.15) is 0 Å². The first-order valence-corrected chi connectivity index (χ1v) is 16.1. The molecule has 1 saturated carbocycles. The number of benzene rings is 1. The lowest BCUT2D eigenvalue weighted by atomic mass is 9.46. The van der Waals surface area contributed by atoms with Crippen molar-refractivity contribution in [1.82, 2.24) is 0 Å². The van der Waals surface area contributed by atoms with E-state index >= 15 is 0 Å². The summed E-state index contributed by atoms with van der Waals surface area (Å²) in [5.41, 5.74) is -0.164. The Morgan fingerprint density at radius 3 is 2.36 bits per heavy atom. The summed E-state index contributed by atoms with van der Waals surface area (Å²) >= 11 is 0. The van der Waals surface area contributed by atoms with Crippen molar-refractivity contribution in [3.63, 3.8) is 0 Å². The summed E-state index contributed by atoms with van der Waals surface area (Å²) in [6.07, 6.45) is -2.21. The van der Waals surface area contributed by atoms with Gasteiger partial charge in [0.15, 0.2) is 6.10 Å². The minimum Gasteiger partial charge on any atom is -0.462 e. The molecule has 0 bridgehead atoms. The van der Waals surface area contributed by atoms with Gasteiger partial charge < -0.3 is 39.0 Å². The third-order valence-electron chi connectivity index (χ3n) is 10.8. The van der Waals surface area contributed by atoms with Gasteiger partial charge in [-0.05, 0) is 67.6 Å². The van der Waals surface area contributed by atoms with Gasteiger partial charge in [-0.1, -0.05) is 45.0 Å². The number of carbonyl (C=O) groups is 4. The topological polar surface area (TPSA) is 175 Å². The van der Waals surface area contributed by atoms with Crippen LogP contribution in [0, 0.1) is 22.7 Å². The van der Waals surface area contributed by atoms with Crippen molar-refractivity contribution in [3.05, 3.63) is 59.2 Å². The second-order valence-electron chi connectivity index (χ2n) is 13.5. The van der Waals surface area contributed by atoms with Crippen LogP contribution in [0.3, 0.4) is 0 Å². The monoisotopic (exact) mass is 656 g/mol. The van der Waals surface area contributed by atoms with Crippen LogP contribution in [0.1, 0.15) is 70.2 Å². The van der Waals surface area contributed by atoms with Gasteiger partial charge in [-0.25, -0.2) is 14.4 Å². The summed E-state index contributed by atoms with van der Waals surface area (Å²) in [6, 6.07) is 8.02.